The Morgan fingerprint density at radius 3 is 2.65 bits per heavy atom. The molecule has 0 fully saturated rings. The lowest BCUT2D eigenvalue weighted by molar-refractivity contribution is 0.0696. The maximum Gasteiger partial charge on any atom is 0.335 e. The molecule has 94 valence electrons. The van der Waals surface area contributed by atoms with E-state index in [1.54, 1.807) is 0 Å². The van der Waals surface area contributed by atoms with Gasteiger partial charge in [-0.15, -0.1) is 0 Å². The fourth-order valence-corrected chi connectivity index (χ4v) is 2.93. The summed E-state index contributed by atoms with van der Waals surface area (Å²) in [5, 5.41) is 8.79. The molecule has 0 saturated carbocycles. The van der Waals surface area contributed by atoms with Gasteiger partial charge in [-0.1, -0.05) is 11.6 Å². The minimum absolute atomic E-state index is 0.00565. The van der Waals surface area contributed by atoms with E-state index in [-0.39, 0.29) is 27.8 Å². The van der Waals surface area contributed by atoms with Crippen molar-refractivity contribution in [2.24, 2.45) is 0 Å². The fourth-order valence-electron chi connectivity index (χ4n) is 1.18. The molecule has 0 aromatic heterocycles. The fraction of sp³-hybridized carbons (Fsp3) is 0.300. The molecule has 7 heteroatoms. The number of methoxy groups -OCH3 is 1. The highest BCUT2D eigenvalue weighted by Gasteiger charge is 2.19. The van der Waals surface area contributed by atoms with E-state index in [2.05, 4.69) is 4.74 Å². The van der Waals surface area contributed by atoms with Crippen molar-refractivity contribution in [2.75, 3.05) is 19.5 Å². The average Bonchev–Trinajstić information content (AvgIpc) is 2.26. The number of carbonyl (C=O) groups is 1. The Balaban J connectivity index is 3.20. The largest absolute Gasteiger partial charge is 0.478 e. The van der Waals surface area contributed by atoms with Crippen molar-refractivity contribution in [3.05, 3.63) is 28.8 Å². The van der Waals surface area contributed by atoms with Crippen molar-refractivity contribution in [1.82, 2.24) is 0 Å². The molecule has 1 rings (SSSR count). The zero-order chi connectivity index (χ0) is 13.1. The molecule has 0 aliphatic heterocycles. The molecule has 0 aliphatic carbocycles. The van der Waals surface area contributed by atoms with E-state index < -0.39 is 15.8 Å². The second-order valence-corrected chi connectivity index (χ2v) is 5.75. The quantitative estimate of drug-likeness (QED) is 0.882. The minimum Gasteiger partial charge on any atom is -0.478 e. The van der Waals surface area contributed by atoms with Crippen molar-refractivity contribution >= 4 is 27.4 Å². The molecule has 0 radical (unpaired) electrons. The Morgan fingerprint density at radius 2 is 2.12 bits per heavy atom. The Morgan fingerprint density at radius 1 is 1.47 bits per heavy atom. The van der Waals surface area contributed by atoms with E-state index >= 15 is 0 Å². The highest BCUT2D eigenvalue weighted by molar-refractivity contribution is 7.91. The van der Waals surface area contributed by atoms with E-state index in [0.717, 1.165) is 6.07 Å². The average molecular weight is 279 g/mol. The summed E-state index contributed by atoms with van der Waals surface area (Å²) < 4.78 is 28.3. The first-order chi connectivity index (χ1) is 7.88. The number of ether oxygens (including phenoxy) is 1. The summed E-state index contributed by atoms with van der Waals surface area (Å²) in [5.74, 6) is -1.45. The summed E-state index contributed by atoms with van der Waals surface area (Å²) in [6, 6.07) is 3.56. The van der Waals surface area contributed by atoms with Gasteiger partial charge in [-0.2, -0.15) is 0 Å². The molecule has 0 spiro atoms. The van der Waals surface area contributed by atoms with Gasteiger partial charge in [0.05, 0.1) is 27.8 Å². The van der Waals surface area contributed by atoms with E-state index in [9.17, 15) is 13.2 Å². The molecule has 0 amide bonds. The minimum atomic E-state index is -3.63. The van der Waals surface area contributed by atoms with Crippen molar-refractivity contribution in [2.45, 2.75) is 4.90 Å². The molecule has 1 aromatic rings. The Bertz CT molecular complexity index is 523. The third-order valence-electron chi connectivity index (χ3n) is 2.07. The van der Waals surface area contributed by atoms with Gasteiger partial charge in [0.2, 0.25) is 0 Å². The van der Waals surface area contributed by atoms with Crippen molar-refractivity contribution in [1.29, 1.82) is 0 Å². The van der Waals surface area contributed by atoms with Gasteiger partial charge in [-0.3, -0.25) is 0 Å². The Hall–Kier alpha value is -1.11. The summed E-state index contributed by atoms with van der Waals surface area (Å²) in [5.41, 5.74) is -0.120. The van der Waals surface area contributed by atoms with E-state index in [1.807, 2.05) is 0 Å². The van der Waals surface area contributed by atoms with Crippen molar-refractivity contribution in [3.63, 3.8) is 0 Å². The normalized spacial score (nSPS) is 11.4. The molecule has 5 nitrogen and oxygen atoms in total. The van der Waals surface area contributed by atoms with Crippen LogP contribution in [0, 0.1) is 0 Å². The van der Waals surface area contributed by atoms with Crippen LogP contribution in [0.5, 0.6) is 0 Å². The zero-order valence-electron chi connectivity index (χ0n) is 9.01. The van der Waals surface area contributed by atoms with Crippen molar-refractivity contribution in [3.8, 4) is 0 Å². The van der Waals surface area contributed by atoms with Crippen LogP contribution in [0.2, 0.25) is 5.02 Å². The van der Waals surface area contributed by atoms with Gasteiger partial charge in [0.1, 0.15) is 0 Å². The van der Waals surface area contributed by atoms with Crippen LogP contribution in [-0.4, -0.2) is 39.0 Å². The first kappa shape index (κ1) is 14.0. The molecule has 0 bridgehead atoms. The van der Waals surface area contributed by atoms with Crippen LogP contribution in [0.4, 0.5) is 0 Å². The second-order valence-electron chi connectivity index (χ2n) is 3.26. The highest BCUT2D eigenvalue weighted by atomic mass is 35.5. The summed E-state index contributed by atoms with van der Waals surface area (Å²) in [6.45, 7) is 0.0238. The first-order valence-electron chi connectivity index (χ1n) is 4.63. The summed E-state index contributed by atoms with van der Waals surface area (Å²) in [6.07, 6.45) is 0. The number of sulfone groups is 1. The summed E-state index contributed by atoms with van der Waals surface area (Å²) in [7, 11) is -2.25. The number of rotatable bonds is 5. The second kappa shape index (κ2) is 5.48. The maximum absolute atomic E-state index is 11.8. The molecule has 0 unspecified atom stereocenters. The van der Waals surface area contributed by atoms with Gasteiger partial charge in [0, 0.05) is 7.11 Å². The van der Waals surface area contributed by atoms with Crippen LogP contribution < -0.4 is 0 Å². The number of halogens is 1. The monoisotopic (exact) mass is 278 g/mol. The van der Waals surface area contributed by atoms with Gasteiger partial charge in [0.25, 0.3) is 0 Å². The van der Waals surface area contributed by atoms with Crippen LogP contribution in [0.3, 0.4) is 0 Å². The Labute approximate surface area is 104 Å². The van der Waals surface area contributed by atoms with Gasteiger partial charge in [-0.25, -0.2) is 13.2 Å². The number of aromatic carboxylic acids is 1. The molecule has 0 atom stereocenters. The number of hydrogen-bond acceptors (Lipinski definition) is 4. The predicted molar refractivity (Wildman–Crippen MR) is 62.3 cm³/mol. The zero-order valence-corrected chi connectivity index (χ0v) is 10.6. The highest BCUT2D eigenvalue weighted by Crippen LogP contribution is 2.23. The lowest BCUT2D eigenvalue weighted by atomic mass is 10.2. The number of benzene rings is 1. The lowest BCUT2D eigenvalue weighted by Crippen LogP contribution is -2.13. The molecule has 17 heavy (non-hydrogen) atoms. The smallest absolute Gasteiger partial charge is 0.335 e. The first-order valence-corrected chi connectivity index (χ1v) is 6.66. The molecular formula is C10H11ClO5S. The molecule has 0 aliphatic rings. The Kier molecular flexibility index (Phi) is 4.50. The third-order valence-corrected chi connectivity index (χ3v) is 4.22. The third kappa shape index (κ3) is 3.42. The van der Waals surface area contributed by atoms with Gasteiger partial charge < -0.3 is 9.84 Å². The number of carboxylic acid groups (broad SMARTS) is 1. The molecule has 0 saturated heterocycles. The number of carboxylic acids is 1. The van der Waals surface area contributed by atoms with E-state index in [4.69, 9.17) is 16.7 Å². The molecule has 1 aromatic carbocycles. The van der Waals surface area contributed by atoms with E-state index in [1.165, 1.54) is 19.2 Å². The van der Waals surface area contributed by atoms with Crippen LogP contribution in [0.15, 0.2) is 23.1 Å². The SMILES string of the molecule is COCCS(=O)(=O)c1cc(C(=O)O)ccc1Cl. The lowest BCUT2D eigenvalue weighted by Gasteiger charge is -2.06. The van der Waals surface area contributed by atoms with Crippen LogP contribution in [0.1, 0.15) is 10.4 Å². The predicted octanol–water partition coefficient (Wildman–Crippen LogP) is 1.46. The van der Waals surface area contributed by atoms with Crippen LogP contribution in [-0.2, 0) is 14.6 Å². The standard InChI is InChI=1S/C10H11ClO5S/c1-16-4-5-17(14,15)9-6-7(10(12)13)2-3-8(9)11/h2-3,6H,4-5H2,1H3,(H,12,13). The van der Waals surface area contributed by atoms with Crippen molar-refractivity contribution < 1.29 is 23.1 Å². The van der Waals surface area contributed by atoms with Crippen LogP contribution in [0.25, 0.3) is 0 Å². The molecule has 1 N–H and O–H groups in total. The van der Waals surface area contributed by atoms with Gasteiger partial charge in [0.15, 0.2) is 9.84 Å². The maximum atomic E-state index is 11.8. The van der Waals surface area contributed by atoms with Gasteiger partial charge >= 0.3 is 5.97 Å². The van der Waals surface area contributed by atoms with Crippen LogP contribution >= 0.6 is 11.6 Å². The van der Waals surface area contributed by atoms with Gasteiger partial charge in [-0.05, 0) is 18.2 Å². The molecule has 0 heterocycles. The summed E-state index contributed by atoms with van der Waals surface area (Å²) >= 11 is 5.75. The number of hydrogen-bond donors (Lipinski definition) is 1. The topological polar surface area (TPSA) is 80.7 Å². The van der Waals surface area contributed by atoms with E-state index in [0.29, 0.717) is 0 Å². The molecular weight excluding hydrogens is 268 g/mol. The summed E-state index contributed by atoms with van der Waals surface area (Å²) in [4.78, 5) is 10.6.